The van der Waals surface area contributed by atoms with Gasteiger partial charge < -0.3 is 26.8 Å². The van der Waals surface area contributed by atoms with E-state index >= 15 is 0 Å². The lowest BCUT2D eigenvalue weighted by atomic mass is 9.92. The minimum absolute atomic E-state index is 0. The summed E-state index contributed by atoms with van der Waals surface area (Å²) in [7, 11) is 0. The molecule has 0 radical (unpaired) electrons. The predicted molar refractivity (Wildman–Crippen MR) is 132 cm³/mol. The Morgan fingerprint density at radius 1 is 1.12 bits per heavy atom. The Kier molecular flexibility index (Phi) is 9.24. The van der Waals surface area contributed by atoms with Gasteiger partial charge in [0.1, 0.15) is 18.9 Å². The molecule has 0 aliphatic heterocycles. The minimum atomic E-state index is -1.80. The van der Waals surface area contributed by atoms with Crippen LogP contribution in [0, 0.1) is 6.92 Å². The van der Waals surface area contributed by atoms with Crippen LogP contribution in [0.25, 0.3) is 0 Å². The first kappa shape index (κ1) is 26.3. The van der Waals surface area contributed by atoms with E-state index in [9.17, 15) is 9.90 Å². The molecule has 0 fully saturated rings. The number of carbonyl (C=O) groups excluding carboxylic acids is 1. The SMILES string of the molecule is Cc1n(CCCOC(=O)C(O)(c2ccccc2)c2cccs2)cc[n+]1Cc1ccc(Br)cc1.[Br-]. The Morgan fingerprint density at radius 3 is 2.53 bits per heavy atom. The molecule has 4 aromatic rings. The topological polar surface area (TPSA) is 55.3 Å². The second-order valence-corrected chi connectivity index (χ2v) is 9.70. The summed E-state index contributed by atoms with van der Waals surface area (Å²) in [5.41, 5.74) is -0.0635. The molecule has 1 unspecified atom stereocenters. The summed E-state index contributed by atoms with van der Waals surface area (Å²) in [6, 6.07) is 20.8. The first-order valence-electron chi connectivity index (χ1n) is 10.8. The van der Waals surface area contributed by atoms with Crippen molar-refractivity contribution in [3.8, 4) is 0 Å². The molecule has 2 aromatic carbocycles. The van der Waals surface area contributed by atoms with Crippen LogP contribution < -0.4 is 21.5 Å². The quantitative estimate of drug-likeness (QED) is 0.180. The van der Waals surface area contributed by atoms with Gasteiger partial charge in [-0.3, -0.25) is 0 Å². The first-order valence-corrected chi connectivity index (χ1v) is 12.4. The number of ether oxygens (including phenoxy) is 1. The van der Waals surface area contributed by atoms with Gasteiger partial charge in [0.25, 0.3) is 5.82 Å². The highest BCUT2D eigenvalue weighted by Gasteiger charge is 2.42. The van der Waals surface area contributed by atoms with Gasteiger partial charge in [0, 0.05) is 23.4 Å². The number of aliphatic hydroxyl groups is 1. The summed E-state index contributed by atoms with van der Waals surface area (Å²) in [4.78, 5) is 13.5. The van der Waals surface area contributed by atoms with E-state index in [0.29, 0.717) is 16.9 Å². The Bertz CT molecular complexity index is 1190. The fraction of sp³-hybridized carbons (Fsp3) is 0.231. The maximum absolute atomic E-state index is 13.0. The smallest absolute Gasteiger partial charge is 0.348 e. The molecule has 5 nitrogen and oxygen atoms in total. The third-order valence-corrected chi connectivity index (χ3v) is 7.17. The molecule has 8 heteroatoms. The Balaban J connectivity index is 0.00000324. The van der Waals surface area contributed by atoms with Gasteiger partial charge in [0.2, 0.25) is 5.60 Å². The van der Waals surface area contributed by atoms with Crippen molar-refractivity contribution in [2.24, 2.45) is 0 Å². The number of imidazole rings is 1. The van der Waals surface area contributed by atoms with E-state index in [1.54, 1.807) is 30.3 Å². The summed E-state index contributed by atoms with van der Waals surface area (Å²) < 4.78 is 11.0. The van der Waals surface area contributed by atoms with Crippen LogP contribution >= 0.6 is 27.3 Å². The number of benzene rings is 2. The second kappa shape index (κ2) is 11.9. The third kappa shape index (κ3) is 5.86. The van der Waals surface area contributed by atoms with Gasteiger partial charge in [-0.25, -0.2) is 13.9 Å². The van der Waals surface area contributed by atoms with Gasteiger partial charge in [-0.15, -0.1) is 11.3 Å². The molecule has 1 atom stereocenters. The van der Waals surface area contributed by atoms with Crippen molar-refractivity contribution in [3.63, 3.8) is 0 Å². The highest BCUT2D eigenvalue weighted by Crippen LogP contribution is 2.34. The van der Waals surface area contributed by atoms with Crippen molar-refractivity contribution in [1.82, 2.24) is 4.57 Å². The van der Waals surface area contributed by atoms with Crippen molar-refractivity contribution in [2.45, 2.75) is 32.0 Å². The number of thiophene rings is 1. The van der Waals surface area contributed by atoms with Gasteiger partial charge in [0.05, 0.1) is 18.0 Å². The molecule has 4 rings (SSSR count). The van der Waals surface area contributed by atoms with Crippen molar-refractivity contribution in [1.29, 1.82) is 0 Å². The highest BCUT2D eigenvalue weighted by molar-refractivity contribution is 9.10. The van der Waals surface area contributed by atoms with E-state index in [1.165, 1.54) is 16.9 Å². The molecule has 0 amide bonds. The van der Waals surface area contributed by atoms with Crippen LogP contribution in [0.1, 0.15) is 28.2 Å². The number of hydrogen-bond acceptors (Lipinski definition) is 4. The third-order valence-electron chi connectivity index (χ3n) is 5.67. The maximum Gasteiger partial charge on any atom is 0.348 e. The monoisotopic (exact) mass is 604 g/mol. The lowest BCUT2D eigenvalue weighted by molar-refractivity contribution is -0.694. The van der Waals surface area contributed by atoms with Crippen molar-refractivity contribution in [2.75, 3.05) is 6.61 Å². The van der Waals surface area contributed by atoms with E-state index in [0.717, 1.165) is 23.4 Å². The van der Waals surface area contributed by atoms with Crippen LogP contribution in [0.5, 0.6) is 0 Å². The highest BCUT2D eigenvalue weighted by atomic mass is 79.9. The maximum atomic E-state index is 13.0. The lowest BCUT2D eigenvalue weighted by Gasteiger charge is -2.25. The van der Waals surface area contributed by atoms with Crippen LogP contribution in [0.2, 0.25) is 0 Å². The number of aryl methyl sites for hydroxylation is 1. The molecule has 2 aromatic heterocycles. The summed E-state index contributed by atoms with van der Waals surface area (Å²) >= 11 is 4.80. The predicted octanol–water partition coefficient (Wildman–Crippen LogP) is 1.83. The van der Waals surface area contributed by atoms with Crippen molar-refractivity contribution in [3.05, 3.63) is 111 Å². The zero-order valence-electron chi connectivity index (χ0n) is 18.7. The minimum Gasteiger partial charge on any atom is -1.00 e. The van der Waals surface area contributed by atoms with Crippen molar-refractivity contribution >= 4 is 33.2 Å². The van der Waals surface area contributed by atoms with Crippen LogP contribution in [0.4, 0.5) is 0 Å². The van der Waals surface area contributed by atoms with Crippen LogP contribution in [0.15, 0.2) is 89.0 Å². The molecule has 0 bridgehead atoms. The van der Waals surface area contributed by atoms with E-state index in [4.69, 9.17) is 4.74 Å². The molecule has 0 aliphatic rings. The normalized spacial score (nSPS) is 12.6. The van der Waals surface area contributed by atoms with Crippen LogP contribution in [-0.2, 0) is 28.2 Å². The fourth-order valence-electron chi connectivity index (χ4n) is 3.76. The molecule has 178 valence electrons. The molecular weight excluding hydrogens is 580 g/mol. The van der Waals surface area contributed by atoms with E-state index < -0.39 is 11.6 Å². The zero-order chi connectivity index (χ0) is 23.3. The van der Waals surface area contributed by atoms with Gasteiger partial charge >= 0.3 is 5.97 Å². The summed E-state index contributed by atoms with van der Waals surface area (Å²) in [5, 5.41) is 13.2. The molecule has 1 N–H and O–H groups in total. The number of aromatic nitrogens is 2. The Labute approximate surface area is 222 Å². The van der Waals surface area contributed by atoms with Gasteiger partial charge in [-0.2, -0.15) is 0 Å². The standard InChI is InChI=1S/C26H26BrN2O3S.BrH/c1-20-28(15-16-29(20)19-21-10-12-23(27)13-11-21)14-6-17-32-25(30)26(31,24-9-5-18-33-24)22-7-3-2-4-8-22;/h2-5,7-13,15-16,18,31H,6,14,17,19H2,1H3;1H/q+1;/p-1. The lowest BCUT2D eigenvalue weighted by Crippen LogP contribution is -3.00. The van der Waals surface area contributed by atoms with Crippen LogP contribution in [0.3, 0.4) is 0 Å². The molecule has 0 saturated heterocycles. The number of esters is 1. The Hall–Kier alpha value is -2.26. The van der Waals surface area contributed by atoms with E-state index in [-0.39, 0.29) is 23.6 Å². The summed E-state index contributed by atoms with van der Waals surface area (Å²) in [6.45, 7) is 3.82. The second-order valence-electron chi connectivity index (χ2n) is 7.84. The number of carbonyl (C=O) groups is 1. The van der Waals surface area contributed by atoms with E-state index in [1.807, 2.05) is 35.8 Å². The van der Waals surface area contributed by atoms with Crippen molar-refractivity contribution < 1.29 is 36.2 Å². The van der Waals surface area contributed by atoms with Gasteiger partial charge in [0.15, 0.2) is 0 Å². The summed E-state index contributed by atoms with van der Waals surface area (Å²) in [5.74, 6) is 0.481. The summed E-state index contributed by atoms with van der Waals surface area (Å²) in [6.07, 6.45) is 4.76. The molecule has 34 heavy (non-hydrogen) atoms. The molecule has 2 heterocycles. The fourth-order valence-corrected chi connectivity index (χ4v) is 4.86. The van der Waals surface area contributed by atoms with Crippen LogP contribution in [-0.4, -0.2) is 22.2 Å². The molecule has 0 saturated carbocycles. The van der Waals surface area contributed by atoms with Gasteiger partial charge in [-0.05, 0) is 29.1 Å². The average Bonchev–Trinajstić information content (AvgIpc) is 3.49. The number of hydrogen-bond donors (Lipinski definition) is 1. The van der Waals surface area contributed by atoms with E-state index in [2.05, 4.69) is 50.3 Å². The Morgan fingerprint density at radius 2 is 1.85 bits per heavy atom. The largest absolute Gasteiger partial charge is 1.00 e. The number of rotatable bonds is 9. The van der Waals surface area contributed by atoms with Gasteiger partial charge in [-0.1, -0.05) is 64.5 Å². The molecule has 0 spiro atoms. The molecule has 0 aliphatic carbocycles. The average molecular weight is 606 g/mol. The number of halogens is 2. The zero-order valence-corrected chi connectivity index (χ0v) is 22.7. The number of nitrogens with zero attached hydrogens (tertiary/aromatic N) is 2. The molecular formula is C26H26Br2N2O3S. The first-order chi connectivity index (χ1) is 16.0.